The topological polar surface area (TPSA) is 65.5 Å². The molecule has 0 amide bonds. The van der Waals surface area contributed by atoms with Crippen LogP contribution in [0.5, 0.6) is 0 Å². The third-order valence-corrected chi connectivity index (χ3v) is 5.17. The fraction of sp³-hybridized carbons (Fsp3) is 0.733. The summed E-state index contributed by atoms with van der Waals surface area (Å²) in [6, 6.07) is 0.726. The third kappa shape index (κ3) is 3.95. The molecular formula is C15H25N3O2S. The molecule has 1 heterocycles. The molecule has 1 saturated carbocycles. The lowest BCUT2D eigenvalue weighted by Crippen LogP contribution is -2.33. The van der Waals surface area contributed by atoms with Gasteiger partial charge >= 0.3 is 5.97 Å². The van der Waals surface area contributed by atoms with Gasteiger partial charge in [-0.3, -0.25) is 4.79 Å². The molecule has 0 atom stereocenters. The maximum Gasteiger partial charge on any atom is 0.315 e. The maximum absolute atomic E-state index is 11.2. The van der Waals surface area contributed by atoms with Gasteiger partial charge in [-0.05, 0) is 33.7 Å². The minimum atomic E-state index is -0.933. The van der Waals surface area contributed by atoms with Crippen molar-refractivity contribution < 1.29 is 9.90 Å². The van der Waals surface area contributed by atoms with Gasteiger partial charge in [-0.15, -0.1) is 11.3 Å². The fourth-order valence-electron chi connectivity index (χ4n) is 2.62. The normalized spacial score (nSPS) is 16.6. The van der Waals surface area contributed by atoms with E-state index in [2.05, 4.69) is 22.2 Å². The van der Waals surface area contributed by atoms with Crippen molar-refractivity contribution in [1.82, 2.24) is 9.88 Å². The Morgan fingerprint density at radius 3 is 2.81 bits per heavy atom. The second kappa shape index (κ2) is 6.75. The van der Waals surface area contributed by atoms with Crippen LogP contribution in [0.3, 0.4) is 0 Å². The number of carboxylic acids is 1. The van der Waals surface area contributed by atoms with E-state index < -0.39 is 11.4 Å². The molecule has 0 radical (unpaired) electrons. The van der Waals surface area contributed by atoms with Crippen molar-refractivity contribution in [2.45, 2.75) is 51.0 Å². The Hall–Kier alpha value is -1.14. The van der Waals surface area contributed by atoms with Crippen molar-refractivity contribution in [2.75, 3.05) is 25.5 Å². The van der Waals surface area contributed by atoms with Gasteiger partial charge in [0.2, 0.25) is 0 Å². The van der Waals surface area contributed by atoms with Crippen molar-refractivity contribution in [2.24, 2.45) is 0 Å². The van der Waals surface area contributed by atoms with Crippen molar-refractivity contribution >= 4 is 22.4 Å². The number of hydrogen-bond donors (Lipinski definition) is 2. The SMILES string of the molecule is CN(CCNc1nc(C(C)(C)C(=O)O)cs1)C1CCCC1. The summed E-state index contributed by atoms with van der Waals surface area (Å²) in [4.78, 5) is 18.0. The monoisotopic (exact) mass is 311 g/mol. The molecular weight excluding hydrogens is 286 g/mol. The summed E-state index contributed by atoms with van der Waals surface area (Å²) in [5.41, 5.74) is -0.316. The minimum Gasteiger partial charge on any atom is -0.481 e. The zero-order chi connectivity index (χ0) is 15.5. The number of nitrogens with one attached hydrogen (secondary N) is 1. The van der Waals surface area contributed by atoms with Gasteiger partial charge in [0.15, 0.2) is 5.13 Å². The predicted molar refractivity (Wildman–Crippen MR) is 86.2 cm³/mol. The molecule has 0 unspecified atom stereocenters. The number of anilines is 1. The third-order valence-electron chi connectivity index (χ3n) is 4.37. The van der Waals surface area contributed by atoms with Crippen LogP contribution in [0.4, 0.5) is 5.13 Å². The number of rotatable bonds is 7. The number of carboxylic acid groups (broad SMARTS) is 1. The minimum absolute atomic E-state index is 0.617. The molecule has 0 spiro atoms. The lowest BCUT2D eigenvalue weighted by Gasteiger charge is -2.23. The van der Waals surface area contributed by atoms with Crippen LogP contribution in [0, 0.1) is 0 Å². The average Bonchev–Trinajstić information content (AvgIpc) is 3.10. The molecule has 1 aliphatic carbocycles. The Morgan fingerprint density at radius 2 is 2.19 bits per heavy atom. The van der Waals surface area contributed by atoms with Gasteiger partial charge in [0, 0.05) is 24.5 Å². The zero-order valence-electron chi connectivity index (χ0n) is 13.1. The lowest BCUT2D eigenvalue weighted by molar-refractivity contribution is -0.142. The summed E-state index contributed by atoms with van der Waals surface area (Å²) in [7, 11) is 2.18. The maximum atomic E-state index is 11.2. The van der Waals surface area contributed by atoms with E-state index in [9.17, 15) is 9.90 Å². The van der Waals surface area contributed by atoms with Crippen molar-refractivity contribution in [1.29, 1.82) is 0 Å². The number of carbonyl (C=O) groups is 1. The predicted octanol–water partition coefficient (Wildman–Crippen LogP) is 2.79. The highest BCUT2D eigenvalue weighted by atomic mass is 32.1. The van der Waals surface area contributed by atoms with Crippen LogP contribution in [0.2, 0.25) is 0 Å². The quantitative estimate of drug-likeness (QED) is 0.810. The molecule has 2 rings (SSSR count). The highest BCUT2D eigenvalue weighted by Gasteiger charge is 2.32. The van der Waals surface area contributed by atoms with E-state index in [0.717, 1.165) is 24.3 Å². The summed E-state index contributed by atoms with van der Waals surface area (Å²) in [5.74, 6) is -0.847. The summed E-state index contributed by atoms with van der Waals surface area (Å²) >= 11 is 1.47. The number of likely N-dealkylation sites (N-methyl/N-ethyl adjacent to an activating group) is 1. The first-order valence-corrected chi connectivity index (χ1v) is 8.42. The largest absolute Gasteiger partial charge is 0.481 e. The molecule has 1 aromatic heterocycles. The molecule has 0 aromatic carbocycles. The molecule has 0 bridgehead atoms. The Labute approximate surface area is 130 Å². The number of thiazole rings is 1. The van der Waals surface area contributed by atoms with Gasteiger partial charge in [-0.2, -0.15) is 0 Å². The molecule has 0 aliphatic heterocycles. The van der Waals surface area contributed by atoms with Gasteiger partial charge in [0.05, 0.1) is 5.69 Å². The average molecular weight is 311 g/mol. The van der Waals surface area contributed by atoms with E-state index in [1.807, 2.05) is 5.38 Å². The first kappa shape index (κ1) is 16.2. The summed E-state index contributed by atoms with van der Waals surface area (Å²) in [6.07, 6.45) is 5.32. The van der Waals surface area contributed by atoms with Gasteiger partial charge in [0.1, 0.15) is 5.41 Å². The Morgan fingerprint density at radius 1 is 1.52 bits per heavy atom. The molecule has 0 saturated heterocycles. The first-order chi connectivity index (χ1) is 9.91. The second-order valence-electron chi connectivity index (χ2n) is 6.31. The van der Waals surface area contributed by atoms with Crippen LogP contribution in [0.25, 0.3) is 0 Å². The van der Waals surface area contributed by atoms with Crippen LogP contribution in [-0.2, 0) is 10.2 Å². The highest BCUT2D eigenvalue weighted by Crippen LogP contribution is 2.27. The summed E-state index contributed by atoms with van der Waals surface area (Å²) in [5, 5.41) is 15.2. The Bertz CT molecular complexity index is 481. The Kier molecular flexibility index (Phi) is 5.22. The van der Waals surface area contributed by atoms with Crippen LogP contribution in [0.15, 0.2) is 5.38 Å². The van der Waals surface area contributed by atoms with Gasteiger partial charge < -0.3 is 15.3 Å². The van der Waals surface area contributed by atoms with E-state index in [4.69, 9.17) is 0 Å². The number of aliphatic carboxylic acids is 1. The number of aromatic nitrogens is 1. The number of nitrogens with zero attached hydrogens (tertiary/aromatic N) is 2. The second-order valence-corrected chi connectivity index (χ2v) is 7.17. The van der Waals surface area contributed by atoms with Crippen LogP contribution in [0.1, 0.15) is 45.2 Å². The van der Waals surface area contributed by atoms with E-state index in [1.54, 1.807) is 13.8 Å². The molecule has 1 aliphatic rings. The van der Waals surface area contributed by atoms with Crippen LogP contribution >= 0.6 is 11.3 Å². The zero-order valence-corrected chi connectivity index (χ0v) is 13.9. The van der Waals surface area contributed by atoms with Gasteiger partial charge in [-0.25, -0.2) is 4.98 Å². The molecule has 1 aromatic rings. The molecule has 5 nitrogen and oxygen atoms in total. The Balaban J connectivity index is 1.81. The smallest absolute Gasteiger partial charge is 0.315 e. The van der Waals surface area contributed by atoms with Gasteiger partial charge in [0.25, 0.3) is 0 Å². The molecule has 1 fully saturated rings. The summed E-state index contributed by atoms with van der Waals surface area (Å²) < 4.78 is 0. The van der Waals surface area contributed by atoms with E-state index >= 15 is 0 Å². The van der Waals surface area contributed by atoms with E-state index in [0.29, 0.717) is 5.69 Å². The van der Waals surface area contributed by atoms with Crippen molar-refractivity contribution in [3.63, 3.8) is 0 Å². The number of hydrogen-bond acceptors (Lipinski definition) is 5. The first-order valence-electron chi connectivity index (χ1n) is 7.55. The van der Waals surface area contributed by atoms with E-state index in [1.165, 1.54) is 37.0 Å². The standard InChI is InChI=1S/C15H25N3O2S/c1-15(2,13(19)20)12-10-21-14(17-12)16-8-9-18(3)11-6-4-5-7-11/h10-11H,4-9H2,1-3H3,(H,16,17)(H,19,20). The van der Waals surface area contributed by atoms with Crippen LogP contribution < -0.4 is 5.32 Å². The molecule has 6 heteroatoms. The van der Waals surface area contributed by atoms with Crippen molar-refractivity contribution in [3.8, 4) is 0 Å². The summed E-state index contributed by atoms with van der Waals surface area (Å²) in [6.45, 7) is 5.19. The molecule has 21 heavy (non-hydrogen) atoms. The van der Waals surface area contributed by atoms with Crippen molar-refractivity contribution in [3.05, 3.63) is 11.1 Å². The highest BCUT2D eigenvalue weighted by molar-refractivity contribution is 7.13. The van der Waals surface area contributed by atoms with Crippen LogP contribution in [-0.4, -0.2) is 47.1 Å². The fourth-order valence-corrected chi connectivity index (χ4v) is 3.53. The van der Waals surface area contributed by atoms with Gasteiger partial charge in [-0.1, -0.05) is 12.8 Å². The lowest BCUT2D eigenvalue weighted by atomic mass is 9.90. The molecule has 2 N–H and O–H groups in total. The van der Waals surface area contributed by atoms with E-state index in [-0.39, 0.29) is 0 Å². The molecule has 118 valence electrons.